The lowest BCUT2D eigenvalue weighted by Crippen LogP contribution is -2.32. The minimum Gasteiger partial charge on any atom is -0.458 e. The Hall–Kier alpha value is -2.58. The number of carbonyl (C=O) groups excluding carboxylic acids is 1. The van der Waals surface area contributed by atoms with Crippen molar-refractivity contribution in [2.24, 2.45) is 5.92 Å². The molecule has 1 saturated carbocycles. The summed E-state index contributed by atoms with van der Waals surface area (Å²) in [5.41, 5.74) is 2.16. The monoisotopic (exact) mass is 486 g/mol. The van der Waals surface area contributed by atoms with Crippen LogP contribution < -0.4 is 5.32 Å². The zero-order chi connectivity index (χ0) is 22.1. The molecule has 0 amide bonds. The van der Waals surface area contributed by atoms with E-state index < -0.39 is 30.0 Å². The number of furan rings is 1. The lowest BCUT2D eigenvalue weighted by Gasteiger charge is -2.17. The Morgan fingerprint density at radius 2 is 2.23 bits per heavy atom. The number of rotatable bonds is 6. The highest BCUT2D eigenvalue weighted by molar-refractivity contribution is 9.10. The molecule has 0 spiro atoms. The number of benzene rings is 1. The molecule has 3 aromatic rings. The first-order chi connectivity index (χ1) is 14.8. The quantitative estimate of drug-likeness (QED) is 0.505. The predicted octanol–water partition coefficient (Wildman–Crippen LogP) is 4.30. The summed E-state index contributed by atoms with van der Waals surface area (Å²) >= 11 is 3.46. The Bertz CT molecular complexity index is 1100. The minimum atomic E-state index is -1.50. The van der Waals surface area contributed by atoms with E-state index >= 15 is 0 Å². The summed E-state index contributed by atoms with van der Waals surface area (Å²) in [5.74, 6) is 0.195. The van der Waals surface area contributed by atoms with Crippen LogP contribution in [0.1, 0.15) is 39.4 Å². The Labute approximate surface area is 188 Å². The molecule has 8 heteroatoms. The maximum absolute atomic E-state index is 14.4. The number of hydrogen-bond acceptors (Lipinski definition) is 6. The average molecular weight is 487 g/mol. The number of carbonyl (C=O) groups is 1. The van der Waals surface area contributed by atoms with E-state index in [1.807, 2.05) is 31.2 Å². The van der Waals surface area contributed by atoms with Crippen molar-refractivity contribution in [1.82, 2.24) is 9.97 Å². The predicted molar refractivity (Wildman–Crippen MR) is 118 cm³/mol. The first-order valence-corrected chi connectivity index (χ1v) is 10.7. The topological polar surface area (TPSA) is 88.3 Å². The molecule has 0 bridgehead atoms. The number of anilines is 1. The minimum absolute atomic E-state index is 0.165. The number of hydrogen-bond donors (Lipinski definition) is 2. The van der Waals surface area contributed by atoms with Gasteiger partial charge in [0.1, 0.15) is 24.1 Å². The molecule has 1 aliphatic rings. The fourth-order valence-corrected chi connectivity index (χ4v) is 4.27. The summed E-state index contributed by atoms with van der Waals surface area (Å²) in [6, 6.07) is 8.95. The Balaban J connectivity index is 1.57. The van der Waals surface area contributed by atoms with E-state index in [2.05, 4.69) is 38.1 Å². The number of aliphatic hydroxyl groups excluding tert-OH is 1. The number of aryl methyl sites for hydroxylation is 1. The van der Waals surface area contributed by atoms with Gasteiger partial charge in [-0.15, -0.1) is 0 Å². The maximum atomic E-state index is 14.4. The van der Waals surface area contributed by atoms with E-state index in [1.54, 1.807) is 6.07 Å². The summed E-state index contributed by atoms with van der Waals surface area (Å²) in [4.78, 5) is 21.2. The number of aliphatic hydroxyl groups is 1. The van der Waals surface area contributed by atoms with E-state index in [-0.39, 0.29) is 17.1 Å². The van der Waals surface area contributed by atoms with Gasteiger partial charge in [0.2, 0.25) is 5.78 Å². The molecule has 161 valence electrons. The third kappa shape index (κ3) is 4.55. The second kappa shape index (κ2) is 8.88. The molecule has 4 atom stereocenters. The lowest BCUT2D eigenvalue weighted by atomic mass is 10.0. The van der Waals surface area contributed by atoms with Gasteiger partial charge in [0.25, 0.3) is 0 Å². The molecule has 0 unspecified atom stereocenters. The second-order valence-corrected chi connectivity index (χ2v) is 8.71. The summed E-state index contributed by atoms with van der Waals surface area (Å²) in [6.45, 7) is 5.58. The number of halogens is 2. The van der Waals surface area contributed by atoms with Gasteiger partial charge in [-0.25, -0.2) is 14.4 Å². The number of ketones is 1. The van der Waals surface area contributed by atoms with Crippen molar-refractivity contribution in [2.45, 2.75) is 38.1 Å². The molecule has 31 heavy (non-hydrogen) atoms. The van der Waals surface area contributed by atoms with E-state index in [9.17, 15) is 14.3 Å². The van der Waals surface area contributed by atoms with Crippen molar-refractivity contribution in [3.05, 3.63) is 82.5 Å². The van der Waals surface area contributed by atoms with E-state index in [0.717, 1.165) is 15.6 Å². The lowest BCUT2D eigenvalue weighted by molar-refractivity contribution is 0.0793. The van der Waals surface area contributed by atoms with Crippen LogP contribution >= 0.6 is 15.9 Å². The smallest absolute Gasteiger partial charge is 0.233 e. The molecule has 2 N–H and O–H groups in total. The van der Waals surface area contributed by atoms with Crippen molar-refractivity contribution in [2.75, 3.05) is 5.32 Å². The molecule has 1 radical (unpaired) electrons. The van der Waals surface area contributed by atoms with Gasteiger partial charge in [-0.05, 0) is 55.5 Å². The molecule has 2 heterocycles. The van der Waals surface area contributed by atoms with Crippen LogP contribution in [-0.2, 0) is 6.42 Å². The van der Waals surface area contributed by atoms with E-state index in [4.69, 9.17) is 4.42 Å². The molecule has 4 rings (SSSR count). The highest BCUT2D eigenvalue weighted by Crippen LogP contribution is 2.31. The second-order valence-electron chi connectivity index (χ2n) is 7.79. The van der Waals surface area contributed by atoms with Crippen LogP contribution in [0.15, 0.2) is 51.7 Å². The van der Waals surface area contributed by atoms with Gasteiger partial charge >= 0.3 is 0 Å². The van der Waals surface area contributed by atoms with Crippen molar-refractivity contribution in [3.8, 4) is 0 Å². The fraction of sp³-hybridized carbons (Fsp3) is 0.304. The number of nitrogens with zero attached hydrogens (tertiary/aromatic N) is 2. The Morgan fingerprint density at radius 3 is 2.94 bits per heavy atom. The Kier molecular flexibility index (Phi) is 6.20. The molecular formula is C23H22BrFN3O3. The molecule has 0 aliphatic heterocycles. The van der Waals surface area contributed by atoms with Gasteiger partial charge in [-0.2, -0.15) is 0 Å². The molecule has 1 aliphatic carbocycles. The summed E-state index contributed by atoms with van der Waals surface area (Å²) in [5, 5.41) is 12.8. The molecule has 0 saturated heterocycles. The summed E-state index contributed by atoms with van der Waals surface area (Å²) < 4.78 is 21.1. The molecule has 1 aromatic carbocycles. The van der Waals surface area contributed by atoms with Crippen LogP contribution in [0.3, 0.4) is 0 Å². The third-order valence-corrected chi connectivity index (χ3v) is 6.05. The Morgan fingerprint density at radius 1 is 1.42 bits per heavy atom. The van der Waals surface area contributed by atoms with Gasteiger partial charge in [0, 0.05) is 17.1 Å². The van der Waals surface area contributed by atoms with Gasteiger partial charge < -0.3 is 14.8 Å². The van der Waals surface area contributed by atoms with Crippen LogP contribution in [0.25, 0.3) is 0 Å². The fourth-order valence-electron chi connectivity index (χ4n) is 3.83. The zero-order valence-electron chi connectivity index (χ0n) is 16.9. The maximum Gasteiger partial charge on any atom is 0.233 e. The largest absolute Gasteiger partial charge is 0.458 e. The molecule has 1 fully saturated rings. The van der Waals surface area contributed by atoms with Crippen LogP contribution in [0.4, 0.5) is 10.2 Å². The summed E-state index contributed by atoms with van der Waals surface area (Å²) in [6.07, 6.45) is 0.966. The average Bonchev–Trinajstić information content (AvgIpc) is 3.22. The SMILES string of the molecule is [CH2][C@@H]1C[C@@H](Nc2ncncc2C(=O)c2cc(Cc3cccc(Br)c3)c(C)o2)[C@@H](F)[C@@H]1O. The molecule has 6 nitrogen and oxygen atoms in total. The van der Waals surface area contributed by atoms with Gasteiger partial charge in [-0.3, -0.25) is 4.79 Å². The highest BCUT2D eigenvalue weighted by Gasteiger charge is 2.41. The standard InChI is InChI=1S/C23H22BrFN3O3/c1-12-6-18(20(25)21(12)29)28-23-17(10-26-11-27-23)22(30)19-9-15(13(2)31-19)7-14-4-3-5-16(24)8-14/h3-5,8-12,18,20-21,29H,1,6-7H2,2H3,(H,26,27,28)/t12-,18-,20-,21-/m1/s1. The van der Waals surface area contributed by atoms with Crippen LogP contribution in [0.5, 0.6) is 0 Å². The number of aromatic nitrogens is 2. The van der Waals surface area contributed by atoms with E-state index in [1.165, 1.54) is 12.5 Å². The van der Waals surface area contributed by atoms with Crippen molar-refractivity contribution >= 4 is 27.5 Å². The van der Waals surface area contributed by atoms with E-state index in [0.29, 0.717) is 18.6 Å². The van der Waals surface area contributed by atoms with Crippen molar-refractivity contribution < 1.29 is 18.7 Å². The van der Waals surface area contributed by atoms with Crippen LogP contribution in [0.2, 0.25) is 0 Å². The third-order valence-electron chi connectivity index (χ3n) is 5.56. The zero-order valence-corrected chi connectivity index (χ0v) is 18.5. The first-order valence-electron chi connectivity index (χ1n) is 9.93. The number of alkyl halides is 1. The highest BCUT2D eigenvalue weighted by atomic mass is 79.9. The normalized spacial score (nSPS) is 23.1. The first kappa shape index (κ1) is 21.6. The molecule has 2 aromatic heterocycles. The summed E-state index contributed by atoms with van der Waals surface area (Å²) in [7, 11) is 0. The van der Waals surface area contributed by atoms with Gasteiger partial charge in [0.05, 0.1) is 17.7 Å². The van der Waals surface area contributed by atoms with Gasteiger partial charge in [0.15, 0.2) is 5.76 Å². The van der Waals surface area contributed by atoms with Crippen molar-refractivity contribution in [3.63, 3.8) is 0 Å². The van der Waals surface area contributed by atoms with Crippen LogP contribution in [-0.4, -0.2) is 39.2 Å². The molecular weight excluding hydrogens is 465 g/mol. The van der Waals surface area contributed by atoms with Crippen LogP contribution in [0, 0.1) is 19.8 Å². The van der Waals surface area contributed by atoms with Gasteiger partial charge in [-0.1, -0.05) is 28.1 Å². The number of nitrogens with one attached hydrogen (secondary N) is 1. The van der Waals surface area contributed by atoms with Crippen molar-refractivity contribution in [1.29, 1.82) is 0 Å².